The van der Waals surface area contributed by atoms with E-state index in [1.807, 2.05) is 0 Å². The van der Waals surface area contributed by atoms with Crippen LogP contribution in [-0.4, -0.2) is 46.4 Å². The Morgan fingerprint density at radius 2 is 2.57 bits per heavy atom. The Bertz CT molecular complexity index is 282. The predicted molar refractivity (Wildman–Crippen MR) is 53.6 cm³/mol. The minimum atomic E-state index is -0.977. The molecule has 2 rings (SSSR count). The van der Waals surface area contributed by atoms with E-state index in [9.17, 15) is 4.79 Å². The molecule has 2 unspecified atom stereocenters. The van der Waals surface area contributed by atoms with Crippen molar-refractivity contribution in [3.05, 3.63) is 0 Å². The molecule has 1 saturated heterocycles. The van der Waals surface area contributed by atoms with E-state index < -0.39 is 6.09 Å². The molecule has 0 radical (unpaired) electrons. The lowest BCUT2D eigenvalue weighted by Gasteiger charge is -2.22. The zero-order chi connectivity index (χ0) is 10.1. The van der Waals surface area contributed by atoms with Crippen LogP contribution in [0.4, 0.5) is 4.79 Å². The fourth-order valence-corrected chi connectivity index (χ4v) is 2.66. The van der Waals surface area contributed by atoms with Crippen molar-refractivity contribution in [2.24, 2.45) is 4.99 Å². The third kappa shape index (κ3) is 1.72. The standard InChI is InChI=1S/C8H12N2O3S/c1-10(8(11)12)7-9-5-3-2-4-13-6(5)14-7/h5-6H,2-4H2,1H3,(H,11,12). The van der Waals surface area contributed by atoms with Gasteiger partial charge in [0.2, 0.25) is 0 Å². The summed E-state index contributed by atoms with van der Waals surface area (Å²) in [5.41, 5.74) is 0.0283. The highest BCUT2D eigenvalue weighted by Crippen LogP contribution is 2.34. The summed E-state index contributed by atoms with van der Waals surface area (Å²) in [6, 6.07) is 0.144. The fourth-order valence-electron chi connectivity index (χ4n) is 1.50. The van der Waals surface area contributed by atoms with Crippen molar-refractivity contribution in [1.82, 2.24) is 4.90 Å². The summed E-state index contributed by atoms with van der Waals surface area (Å²) >= 11 is 1.40. The van der Waals surface area contributed by atoms with Crippen molar-refractivity contribution in [2.75, 3.05) is 13.7 Å². The number of amidine groups is 1. The zero-order valence-electron chi connectivity index (χ0n) is 7.84. The van der Waals surface area contributed by atoms with Crippen molar-refractivity contribution in [3.63, 3.8) is 0 Å². The summed E-state index contributed by atoms with van der Waals surface area (Å²) < 4.78 is 5.49. The fraction of sp³-hybridized carbons (Fsp3) is 0.750. The molecule has 2 aliphatic rings. The smallest absolute Gasteiger partial charge is 0.413 e. The Labute approximate surface area is 86.1 Å². The Morgan fingerprint density at radius 3 is 3.21 bits per heavy atom. The van der Waals surface area contributed by atoms with E-state index in [0.29, 0.717) is 5.17 Å². The Kier molecular flexibility index (Phi) is 2.64. The van der Waals surface area contributed by atoms with Crippen LogP contribution in [0.1, 0.15) is 12.8 Å². The van der Waals surface area contributed by atoms with Gasteiger partial charge in [0.25, 0.3) is 0 Å². The molecule has 0 aliphatic carbocycles. The summed E-state index contributed by atoms with van der Waals surface area (Å²) in [6.45, 7) is 0.758. The molecule has 0 bridgehead atoms. The first kappa shape index (κ1) is 9.79. The molecule has 0 spiro atoms. The Balaban J connectivity index is 2.05. The summed E-state index contributed by atoms with van der Waals surface area (Å²) in [5.74, 6) is 0. The van der Waals surface area contributed by atoms with E-state index in [1.165, 1.54) is 18.8 Å². The maximum Gasteiger partial charge on any atom is 0.413 e. The number of nitrogens with zero attached hydrogens (tertiary/aromatic N) is 2. The number of hydrogen-bond acceptors (Lipinski definition) is 4. The van der Waals surface area contributed by atoms with Gasteiger partial charge in [-0.3, -0.25) is 9.89 Å². The van der Waals surface area contributed by atoms with Gasteiger partial charge in [-0.05, 0) is 12.8 Å². The average molecular weight is 216 g/mol. The van der Waals surface area contributed by atoms with Crippen LogP contribution in [0.5, 0.6) is 0 Å². The van der Waals surface area contributed by atoms with E-state index in [4.69, 9.17) is 9.84 Å². The van der Waals surface area contributed by atoms with Gasteiger partial charge in [-0.2, -0.15) is 0 Å². The summed E-state index contributed by atoms with van der Waals surface area (Å²) in [4.78, 5) is 16.2. The van der Waals surface area contributed by atoms with E-state index in [0.717, 1.165) is 24.3 Å². The first-order chi connectivity index (χ1) is 6.68. The Morgan fingerprint density at radius 1 is 1.79 bits per heavy atom. The maximum atomic E-state index is 10.7. The lowest BCUT2D eigenvalue weighted by molar-refractivity contribution is 0.0614. The molecule has 0 aromatic rings. The van der Waals surface area contributed by atoms with E-state index in [-0.39, 0.29) is 11.5 Å². The number of aliphatic imine (C=N–C) groups is 1. The lowest BCUT2D eigenvalue weighted by atomic mass is 10.1. The summed E-state index contributed by atoms with van der Waals surface area (Å²) in [7, 11) is 1.51. The van der Waals surface area contributed by atoms with Crippen molar-refractivity contribution in [1.29, 1.82) is 0 Å². The van der Waals surface area contributed by atoms with Crippen LogP contribution in [-0.2, 0) is 4.74 Å². The molecular weight excluding hydrogens is 204 g/mol. The van der Waals surface area contributed by atoms with Gasteiger partial charge in [-0.25, -0.2) is 4.79 Å². The molecule has 1 amide bonds. The third-order valence-electron chi connectivity index (χ3n) is 2.31. The highest BCUT2D eigenvalue weighted by molar-refractivity contribution is 8.14. The molecule has 14 heavy (non-hydrogen) atoms. The molecule has 0 aromatic carbocycles. The van der Waals surface area contributed by atoms with Crippen molar-refractivity contribution in [2.45, 2.75) is 24.3 Å². The number of carbonyl (C=O) groups is 1. The normalized spacial score (nSPS) is 30.8. The van der Waals surface area contributed by atoms with Gasteiger partial charge in [0, 0.05) is 13.7 Å². The predicted octanol–water partition coefficient (Wildman–Crippen LogP) is 1.20. The number of fused-ring (bicyclic) bond motifs is 1. The van der Waals surface area contributed by atoms with Gasteiger partial charge in [0.15, 0.2) is 5.17 Å². The van der Waals surface area contributed by atoms with Crippen LogP contribution in [0.2, 0.25) is 0 Å². The maximum absolute atomic E-state index is 10.7. The molecule has 1 fully saturated rings. The largest absolute Gasteiger partial charge is 0.465 e. The summed E-state index contributed by atoms with van der Waals surface area (Å²) in [5, 5.41) is 9.32. The van der Waals surface area contributed by atoms with Crippen molar-refractivity contribution >= 4 is 23.0 Å². The number of hydrogen-bond donors (Lipinski definition) is 1. The van der Waals surface area contributed by atoms with E-state index in [1.54, 1.807) is 0 Å². The van der Waals surface area contributed by atoms with Gasteiger partial charge < -0.3 is 9.84 Å². The van der Waals surface area contributed by atoms with Crippen molar-refractivity contribution in [3.8, 4) is 0 Å². The lowest BCUT2D eigenvalue weighted by Crippen LogP contribution is -2.29. The van der Waals surface area contributed by atoms with Crippen LogP contribution in [0.3, 0.4) is 0 Å². The molecule has 2 aliphatic heterocycles. The first-order valence-electron chi connectivity index (χ1n) is 4.51. The van der Waals surface area contributed by atoms with E-state index >= 15 is 0 Å². The van der Waals surface area contributed by atoms with E-state index in [2.05, 4.69) is 4.99 Å². The minimum absolute atomic E-state index is 0.0283. The van der Waals surface area contributed by atoms with Gasteiger partial charge in [0.1, 0.15) is 5.44 Å². The molecule has 5 nitrogen and oxygen atoms in total. The second kappa shape index (κ2) is 3.78. The molecule has 0 saturated carbocycles. The monoisotopic (exact) mass is 216 g/mol. The summed E-state index contributed by atoms with van der Waals surface area (Å²) in [6.07, 6.45) is 1.03. The van der Waals surface area contributed by atoms with Crippen LogP contribution in [0.25, 0.3) is 0 Å². The molecular formula is C8H12N2O3S. The number of ether oxygens (including phenoxy) is 1. The molecule has 0 aromatic heterocycles. The molecule has 2 atom stereocenters. The van der Waals surface area contributed by atoms with Crippen LogP contribution in [0.15, 0.2) is 4.99 Å². The van der Waals surface area contributed by atoms with Gasteiger partial charge in [-0.1, -0.05) is 11.8 Å². The Hall–Kier alpha value is -0.750. The zero-order valence-corrected chi connectivity index (χ0v) is 8.66. The van der Waals surface area contributed by atoms with Crippen LogP contribution in [0, 0.1) is 0 Å². The topological polar surface area (TPSA) is 62.1 Å². The second-order valence-electron chi connectivity index (χ2n) is 3.32. The third-order valence-corrected chi connectivity index (χ3v) is 3.58. The number of rotatable bonds is 0. The number of thioether (sulfide) groups is 1. The van der Waals surface area contributed by atoms with Gasteiger partial charge >= 0.3 is 6.09 Å². The van der Waals surface area contributed by atoms with Crippen molar-refractivity contribution < 1.29 is 14.6 Å². The second-order valence-corrected chi connectivity index (χ2v) is 4.39. The molecule has 1 N–H and O–H groups in total. The first-order valence-corrected chi connectivity index (χ1v) is 5.39. The van der Waals surface area contributed by atoms with Gasteiger partial charge in [0.05, 0.1) is 6.04 Å². The molecule has 2 heterocycles. The highest BCUT2D eigenvalue weighted by Gasteiger charge is 2.35. The highest BCUT2D eigenvalue weighted by atomic mass is 32.2. The van der Waals surface area contributed by atoms with Crippen LogP contribution < -0.4 is 0 Å². The molecule has 78 valence electrons. The number of amides is 1. The SMILES string of the molecule is CN(C(=O)O)C1=NC2CCCOC2S1. The molecule has 6 heteroatoms. The average Bonchev–Trinajstić information content (AvgIpc) is 2.59. The minimum Gasteiger partial charge on any atom is -0.465 e. The van der Waals surface area contributed by atoms with Gasteiger partial charge in [-0.15, -0.1) is 0 Å². The quantitative estimate of drug-likeness (QED) is 0.661. The van der Waals surface area contributed by atoms with Crippen LogP contribution >= 0.6 is 11.8 Å². The number of carboxylic acid groups (broad SMARTS) is 1.